The zero-order chi connectivity index (χ0) is 23.2. The predicted octanol–water partition coefficient (Wildman–Crippen LogP) is 5.23. The van der Waals surface area contributed by atoms with Gasteiger partial charge in [0.1, 0.15) is 0 Å². The van der Waals surface area contributed by atoms with Crippen molar-refractivity contribution in [3.05, 3.63) is 70.2 Å². The van der Waals surface area contributed by atoms with E-state index in [9.17, 15) is 4.79 Å². The van der Waals surface area contributed by atoms with Crippen molar-refractivity contribution in [2.45, 2.75) is 71.9 Å². The van der Waals surface area contributed by atoms with Gasteiger partial charge in [0.25, 0.3) is 5.91 Å². The highest BCUT2D eigenvalue weighted by Gasteiger charge is 2.35. The van der Waals surface area contributed by atoms with Gasteiger partial charge in [0.15, 0.2) is 0 Å². The van der Waals surface area contributed by atoms with Crippen molar-refractivity contribution >= 4 is 24.8 Å². The summed E-state index contributed by atoms with van der Waals surface area (Å²) in [6, 6.07) is 16.2. The minimum absolute atomic E-state index is 0. The van der Waals surface area contributed by atoms with Crippen molar-refractivity contribution < 1.29 is 21.8 Å². The Balaban J connectivity index is 0.00000544. The normalized spacial score (nSPS) is 11.2. The molecule has 0 saturated carbocycles. The first-order valence-electron chi connectivity index (χ1n) is 12.5. The molecular weight excluding hydrogens is 513 g/mol. The Hall–Kier alpha value is -0.890. The standard InChI is InChI=1S/C28H41ClNOP.BrH/c1-4-7-20-32(21-8-5-2,22-9-6-3)23-25-10-14-26(15-11-25)28(31)30-19-18-24-12-16-27(29)17-13-24;/h10-17H,4-9,18-23H2,1-3H3;1H. The van der Waals surface area contributed by atoms with Gasteiger partial charge in [-0.2, -0.15) is 0 Å². The van der Waals surface area contributed by atoms with Gasteiger partial charge < -0.3 is 22.3 Å². The van der Waals surface area contributed by atoms with Crippen molar-refractivity contribution in [3.63, 3.8) is 0 Å². The van der Waals surface area contributed by atoms with E-state index in [1.807, 2.05) is 36.4 Å². The van der Waals surface area contributed by atoms with Gasteiger partial charge in [0.2, 0.25) is 0 Å². The average Bonchev–Trinajstić information content (AvgIpc) is 2.81. The predicted molar refractivity (Wildman–Crippen MR) is 144 cm³/mol. The van der Waals surface area contributed by atoms with Crippen LogP contribution in [0.25, 0.3) is 0 Å². The summed E-state index contributed by atoms with van der Waals surface area (Å²) in [5.41, 5.74) is 3.35. The molecule has 0 spiro atoms. The summed E-state index contributed by atoms with van der Waals surface area (Å²) in [5.74, 6) is 0.00882. The van der Waals surface area contributed by atoms with E-state index in [1.54, 1.807) is 0 Å². The van der Waals surface area contributed by atoms with Crippen LogP contribution in [0.15, 0.2) is 48.5 Å². The summed E-state index contributed by atoms with van der Waals surface area (Å²) < 4.78 is 0. The third-order valence-corrected chi connectivity index (χ3v) is 11.4. The highest BCUT2D eigenvalue weighted by atomic mass is 79.9. The lowest BCUT2D eigenvalue weighted by Crippen LogP contribution is -3.00. The van der Waals surface area contributed by atoms with E-state index < -0.39 is 7.26 Å². The van der Waals surface area contributed by atoms with Gasteiger partial charge in [-0.3, -0.25) is 4.79 Å². The molecule has 2 rings (SSSR count). The molecule has 1 N–H and O–H groups in total. The van der Waals surface area contributed by atoms with E-state index in [-0.39, 0.29) is 22.9 Å². The fourth-order valence-electron chi connectivity index (χ4n) is 4.28. The molecule has 0 heterocycles. The monoisotopic (exact) mass is 553 g/mol. The average molecular weight is 555 g/mol. The summed E-state index contributed by atoms with van der Waals surface area (Å²) in [5, 5.41) is 3.79. The van der Waals surface area contributed by atoms with E-state index in [0.29, 0.717) is 6.54 Å². The van der Waals surface area contributed by atoms with E-state index >= 15 is 0 Å². The molecule has 0 unspecified atom stereocenters. The SMILES string of the molecule is CCCC[P+](CCCC)(CCCC)Cc1ccc(C(=O)NCCc2ccc(Cl)cc2)cc1.[Br-]. The lowest BCUT2D eigenvalue weighted by molar-refractivity contribution is -0.0000152. The van der Waals surface area contributed by atoms with Gasteiger partial charge >= 0.3 is 0 Å². The number of carbonyl (C=O) groups excluding carboxylic acids is 1. The quantitative estimate of drug-likeness (QED) is 0.300. The largest absolute Gasteiger partial charge is 1.00 e. The molecule has 33 heavy (non-hydrogen) atoms. The number of halogens is 2. The van der Waals surface area contributed by atoms with E-state index in [1.165, 1.54) is 74.3 Å². The summed E-state index contributed by atoms with van der Waals surface area (Å²) >= 11 is 5.94. The molecule has 5 heteroatoms. The zero-order valence-electron chi connectivity index (χ0n) is 20.7. The molecule has 0 aliphatic carbocycles. The van der Waals surface area contributed by atoms with Gasteiger partial charge in [0.05, 0.1) is 24.6 Å². The second-order valence-corrected chi connectivity index (χ2v) is 13.8. The van der Waals surface area contributed by atoms with Gasteiger partial charge in [-0.15, -0.1) is 0 Å². The molecule has 2 aromatic carbocycles. The van der Waals surface area contributed by atoms with Crippen LogP contribution in [0.3, 0.4) is 0 Å². The second kappa shape index (κ2) is 16.7. The van der Waals surface area contributed by atoms with E-state index in [0.717, 1.165) is 17.0 Å². The zero-order valence-corrected chi connectivity index (χ0v) is 24.0. The Morgan fingerprint density at radius 2 is 1.27 bits per heavy atom. The molecular formula is C28H42BrClNOP. The topological polar surface area (TPSA) is 29.1 Å². The number of unbranched alkanes of at least 4 members (excludes halogenated alkanes) is 3. The summed E-state index contributed by atoms with van der Waals surface area (Å²) in [7, 11) is -0.972. The summed E-state index contributed by atoms with van der Waals surface area (Å²) in [6.07, 6.45) is 14.3. The maximum atomic E-state index is 12.6. The van der Waals surface area contributed by atoms with Crippen molar-refractivity contribution in [2.24, 2.45) is 0 Å². The maximum Gasteiger partial charge on any atom is 0.251 e. The van der Waals surface area contributed by atoms with Crippen LogP contribution in [0, 0.1) is 0 Å². The minimum atomic E-state index is -0.972. The highest BCUT2D eigenvalue weighted by Crippen LogP contribution is 2.63. The van der Waals surface area contributed by atoms with Crippen LogP contribution in [-0.2, 0) is 12.6 Å². The fourth-order valence-corrected chi connectivity index (χ4v) is 9.49. The number of rotatable bonds is 15. The minimum Gasteiger partial charge on any atom is -1.00 e. The van der Waals surface area contributed by atoms with Crippen LogP contribution >= 0.6 is 18.9 Å². The summed E-state index contributed by atoms with van der Waals surface area (Å²) in [6.45, 7) is 7.57. The Morgan fingerprint density at radius 1 is 0.788 bits per heavy atom. The van der Waals surface area contributed by atoms with Crippen molar-refractivity contribution in [1.82, 2.24) is 5.32 Å². The molecule has 2 aromatic rings. The van der Waals surface area contributed by atoms with Crippen LogP contribution in [0.4, 0.5) is 0 Å². The molecule has 0 radical (unpaired) electrons. The number of hydrogen-bond acceptors (Lipinski definition) is 1. The molecule has 1 amide bonds. The van der Waals surface area contributed by atoms with E-state index in [4.69, 9.17) is 11.6 Å². The Kier molecular flexibility index (Phi) is 15.2. The Bertz CT molecular complexity index is 773. The number of amides is 1. The molecule has 184 valence electrons. The highest BCUT2D eigenvalue weighted by molar-refractivity contribution is 7.75. The maximum absolute atomic E-state index is 12.6. The lowest BCUT2D eigenvalue weighted by atomic mass is 10.1. The van der Waals surface area contributed by atoms with Crippen molar-refractivity contribution in [3.8, 4) is 0 Å². The molecule has 0 aliphatic heterocycles. The first-order chi connectivity index (χ1) is 15.5. The Labute approximate surface area is 218 Å². The molecule has 2 nitrogen and oxygen atoms in total. The third kappa shape index (κ3) is 10.9. The molecule has 0 aromatic heterocycles. The van der Waals surface area contributed by atoms with Gasteiger partial charge in [-0.25, -0.2) is 0 Å². The fraction of sp³-hybridized carbons (Fsp3) is 0.536. The number of hydrogen-bond donors (Lipinski definition) is 1. The number of benzene rings is 2. The third-order valence-electron chi connectivity index (χ3n) is 6.30. The van der Waals surface area contributed by atoms with Gasteiger partial charge in [0, 0.05) is 24.4 Å². The van der Waals surface area contributed by atoms with Gasteiger partial charge in [-0.05, 0) is 61.1 Å². The number of nitrogens with one attached hydrogen (secondary N) is 1. The molecule has 0 saturated heterocycles. The number of carbonyl (C=O) groups is 1. The Morgan fingerprint density at radius 3 is 1.76 bits per heavy atom. The first-order valence-corrected chi connectivity index (χ1v) is 15.4. The molecule has 0 aliphatic rings. The second-order valence-electron chi connectivity index (χ2n) is 9.06. The lowest BCUT2D eigenvalue weighted by Gasteiger charge is -2.28. The smallest absolute Gasteiger partial charge is 0.251 e. The molecule has 0 fully saturated rings. The van der Waals surface area contributed by atoms with Gasteiger partial charge in [-0.1, -0.05) is 75.9 Å². The van der Waals surface area contributed by atoms with Crippen LogP contribution in [-0.4, -0.2) is 30.9 Å². The van der Waals surface area contributed by atoms with Crippen molar-refractivity contribution in [1.29, 1.82) is 0 Å². The van der Waals surface area contributed by atoms with Crippen LogP contribution in [0.5, 0.6) is 0 Å². The first kappa shape index (κ1) is 30.1. The van der Waals surface area contributed by atoms with Crippen molar-refractivity contribution in [2.75, 3.05) is 25.0 Å². The molecule has 0 atom stereocenters. The van der Waals surface area contributed by atoms with Crippen LogP contribution in [0.1, 0.15) is 80.8 Å². The summed E-state index contributed by atoms with van der Waals surface area (Å²) in [4.78, 5) is 12.6. The van der Waals surface area contributed by atoms with Crippen LogP contribution in [0.2, 0.25) is 5.02 Å². The van der Waals surface area contributed by atoms with Crippen LogP contribution < -0.4 is 22.3 Å². The molecule has 0 bridgehead atoms. The van der Waals surface area contributed by atoms with E-state index in [2.05, 4.69) is 38.2 Å².